The number of hydrogen-bond acceptors (Lipinski definition) is 4. The SMILES string of the molecule is CCCCOc1cccc2c1C(N)=NS(=O)(=O)C2. The van der Waals surface area contributed by atoms with Gasteiger partial charge in [-0.3, -0.25) is 0 Å². The summed E-state index contributed by atoms with van der Waals surface area (Å²) < 4.78 is 32.1. The molecule has 5 nitrogen and oxygen atoms in total. The Morgan fingerprint density at radius 1 is 1.44 bits per heavy atom. The number of ether oxygens (including phenoxy) is 1. The molecule has 1 aromatic rings. The summed E-state index contributed by atoms with van der Waals surface area (Å²) in [5.74, 6) is 0.508. The fraction of sp³-hybridized carbons (Fsp3) is 0.417. The van der Waals surface area contributed by atoms with Crippen molar-refractivity contribution in [3.8, 4) is 5.75 Å². The van der Waals surface area contributed by atoms with Gasteiger partial charge in [0.05, 0.1) is 17.9 Å². The molecule has 0 atom stereocenters. The van der Waals surface area contributed by atoms with Crippen molar-refractivity contribution in [2.45, 2.75) is 25.5 Å². The number of benzene rings is 1. The van der Waals surface area contributed by atoms with E-state index in [4.69, 9.17) is 10.5 Å². The Morgan fingerprint density at radius 3 is 2.94 bits per heavy atom. The molecule has 0 bridgehead atoms. The van der Waals surface area contributed by atoms with Gasteiger partial charge in [0.2, 0.25) is 0 Å². The van der Waals surface area contributed by atoms with E-state index in [0.717, 1.165) is 12.8 Å². The van der Waals surface area contributed by atoms with Gasteiger partial charge in [-0.05, 0) is 18.1 Å². The number of hydrogen-bond donors (Lipinski definition) is 1. The fourth-order valence-corrected chi connectivity index (χ4v) is 2.95. The summed E-state index contributed by atoms with van der Waals surface area (Å²) in [6.07, 6.45) is 1.98. The molecule has 2 rings (SSSR count). The summed E-state index contributed by atoms with van der Waals surface area (Å²) in [5.41, 5.74) is 6.98. The lowest BCUT2D eigenvalue weighted by molar-refractivity contribution is 0.308. The van der Waals surface area contributed by atoms with Crippen molar-refractivity contribution in [1.29, 1.82) is 0 Å². The zero-order chi connectivity index (χ0) is 13.2. The van der Waals surface area contributed by atoms with Crippen LogP contribution in [0.4, 0.5) is 0 Å². The summed E-state index contributed by atoms with van der Waals surface area (Å²) in [6.45, 7) is 2.67. The Labute approximate surface area is 107 Å². The third-order valence-electron chi connectivity index (χ3n) is 2.70. The van der Waals surface area contributed by atoms with Crippen LogP contribution in [-0.4, -0.2) is 20.9 Å². The van der Waals surface area contributed by atoms with Gasteiger partial charge in [-0.1, -0.05) is 25.5 Å². The average molecular weight is 268 g/mol. The van der Waals surface area contributed by atoms with Gasteiger partial charge in [0.15, 0.2) is 0 Å². The van der Waals surface area contributed by atoms with E-state index in [0.29, 0.717) is 23.5 Å². The molecule has 0 aromatic heterocycles. The lowest BCUT2D eigenvalue weighted by Gasteiger charge is -2.17. The molecule has 1 heterocycles. The standard InChI is InChI=1S/C12H16N2O3S/c1-2-3-7-17-10-6-4-5-9-8-18(15,16)14-12(13)11(9)10/h4-6H,2-3,7-8H2,1H3,(H2,13,14). The molecule has 0 saturated heterocycles. The van der Waals surface area contributed by atoms with E-state index in [-0.39, 0.29) is 11.6 Å². The van der Waals surface area contributed by atoms with Crippen LogP contribution in [-0.2, 0) is 15.8 Å². The molecule has 6 heteroatoms. The highest BCUT2D eigenvalue weighted by Crippen LogP contribution is 2.28. The Hall–Kier alpha value is -1.56. The lowest BCUT2D eigenvalue weighted by atomic mass is 10.1. The van der Waals surface area contributed by atoms with Gasteiger partial charge in [-0.15, -0.1) is 4.40 Å². The molecule has 0 aliphatic carbocycles. The van der Waals surface area contributed by atoms with Crippen molar-refractivity contribution in [3.05, 3.63) is 29.3 Å². The maximum absolute atomic E-state index is 11.5. The van der Waals surface area contributed by atoms with Gasteiger partial charge in [0, 0.05) is 0 Å². The fourth-order valence-electron chi connectivity index (χ4n) is 1.86. The highest BCUT2D eigenvalue weighted by Gasteiger charge is 2.24. The maximum Gasteiger partial charge on any atom is 0.259 e. The smallest absolute Gasteiger partial charge is 0.259 e. The normalized spacial score (nSPS) is 16.8. The molecule has 1 aliphatic rings. The van der Waals surface area contributed by atoms with Crippen LogP contribution in [0.15, 0.2) is 22.6 Å². The number of fused-ring (bicyclic) bond motifs is 1. The molecule has 0 saturated carbocycles. The molecule has 98 valence electrons. The third-order valence-corrected chi connectivity index (χ3v) is 3.85. The van der Waals surface area contributed by atoms with Crippen LogP contribution < -0.4 is 10.5 Å². The first-order valence-electron chi connectivity index (χ1n) is 5.86. The van der Waals surface area contributed by atoms with Gasteiger partial charge < -0.3 is 10.5 Å². The second-order valence-corrected chi connectivity index (χ2v) is 5.83. The number of unbranched alkanes of at least 4 members (excludes halogenated alkanes) is 1. The molecular weight excluding hydrogens is 252 g/mol. The van der Waals surface area contributed by atoms with E-state index in [1.165, 1.54) is 0 Å². The summed E-state index contributed by atoms with van der Waals surface area (Å²) in [6, 6.07) is 5.30. The maximum atomic E-state index is 11.5. The first kappa shape index (κ1) is 12.9. The van der Waals surface area contributed by atoms with Crippen LogP contribution in [0.2, 0.25) is 0 Å². The van der Waals surface area contributed by atoms with E-state index in [1.54, 1.807) is 18.2 Å². The monoisotopic (exact) mass is 268 g/mol. The molecule has 1 aliphatic heterocycles. The van der Waals surface area contributed by atoms with Crippen molar-refractivity contribution >= 4 is 15.9 Å². The van der Waals surface area contributed by atoms with Crippen LogP contribution in [0.5, 0.6) is 5.75 Å². The van der Waals surface area contributed by atoms with Crippen molar-refractivity contribution in [2.75, 3.05) is 6.61 Å². The first-order chi connectivity index (χ1) is 8.53. The van der Waals surface area contributed by atoms with E-state index in [1.807, 2.05) is 0 Å². The largest absolute Gasteiger partial charge is 0.493 e. The molecule has 0 spiro atoms. The van der Waals surface area contributed by atoms with E-state index in [9.17, 15) is 8.42 Å². The van der Waals surface area contributed by atoms with Gasteiger partial charge in [0.1, 0.15) is 11.6 Å². The number of nitrogens with two attached hydrogens (primary N) is 1. The third kappa shape index (κ3) is 2.64. The predicted molar refractivity (Wildman–Crippen MR) is 70.2 cm³/mol. The Kier molecular flexibility index (Phi) is 3.56. The van der Waals surface area contributed by atoms with Gasteiger partial charge >= 0.3 is 0 Å². The average Bonchev–Trinajstić information content (AvgIpc) is 2.27. The van der Waals surface area contributed by atoms with Crippen molar-refractivity contribution in [1.82, 2.24) is 0 Å². The van der Waals surface area contributed by atoms with Crippen LogP contribution in [0.3, 0.4) is 0 Å². The number of sulfonamides is 1. The van der Waals surface area contributed by atoms with Crippen LogP contribution in [0.25, 0.3) is 0 Å². The van der Waals surface area contributed by atoms with Gasteiger partial charge in [-0.2, -0.15) is 0 Å². The van der Waals surface area contributed by atoms with E-state index < -0.39 is 10.0 Å². The second-order valence-electron chi connectivity index (χ2n) is 4.20. The highest BCUT2D eigenvalue weighted by molar-refractivity contribution is 7.89. The molecule has 2 N–H and O–H groups in total. The first-order valence-corrected chi connectivity index (χ1v) is 7.47. The van der Waals surface area contributed by atoms with E-state index in [2.05, 4.69) is 11.3 Å². The molecule has 1 aromatic carbocycles. The molecule has 0 unspecified atom stereocenters. The predicted octanol–water partition coefficient (Wildman–Crippen LogP) is 1.41. The second kappa shape index (κ2) is 4.97. The van der Waals surface area contributed by atoms with Crippen molar-refractivity contribution in [3.63, 3.8) is 0 Å². The van der Waals surface area contributed by atoms with Crippen molar-refractivity contribution in [2.24, 2.45) is 10.1 Å². The molecule has 18 heavy (non-hydrogen) atoms. The summed E-state index contributed by atoms with van der Waals surface area (Å²) >= 11 is 0. The minimum Gasteiger partial charge on any atom is -0.493 e. The van der Waals surface area contributed by atoms with Crippen LogP contribution >= 0.6 is 0 Å². The zero-order valence-corrected chi connectivity index (χ0v) is 11.0. The molecule has 0 radical (unpaired) electrons. The molecule has 0 amide bonds. The number of amidine groups is 1. The van der Waals surface area contributed by atoms with Crippen LogP contribution in [0.1, 0.15) is 30.9 Å². The number of nitrogens with zero attached hydrogens (tertiary/aromatic N) is 1. The Balaban J connectivity index is 2.36. The van der Waals surface area contributed by atoms with Gasteiger partial charge in [0.25, 0.3) is 10.0 Å². The Morgan fingerprint density at radius 2 is 2.22 bits per heavy atom. The van der Waals surface area contributed by atoms with Gasteiger partial charge in [-0.25, -0.2) is 8.42 Å². The highest BCUT2D eigenvalue weighted by atomic mass is 32.2. The molecular formula is C12H16N2O3S. The van der Waals surface area contributed by atoms with E-state index >= 15 is 0 Å². The minimum atomic E-state index is -3.48. The molecule has 0 fully saturated rings. The minimum absolute atomic E-state index is 0.0170. The number of rotatable bonds is 4. The van der Waals surface area contributed by atoms with Crippen molar-refractivity contribution < 1.29 is 13.2 Å². The van der Waals surface area contributed by atoms with Crippen LogP contribution in [0, 0.1) is 0 Å². The summed E-state index contributed by atoms with van der Waals surface area (Å²) in [5, 5.41) is 0. The summed E-state index contributed by atoms with van der Waals surface area (Å²) in [7, 11) is -3.48. The quantitative estimate of drug-likeness (QED) is 0.837. The Bertz CT molecular complexity index is 579. The zero-order valence-electron chi connectivity index (χ0n) is 10.2. The lowest BCUT2D eigenvalue weighted by Crippen LogP contribution is -2.24. The topological polar surface area (TPSA) is 81.8 Å². The summed E-state index contributed by atoms with van der Waals surface area (Å²) in [4.78, 5) is 0.